The van der Waals surface area contributed by atoms with Crippen LogP contribution in [0.25, 0.3) is 22.2 Å². The number of benzene rings is 2. The van der Waals surface area contributed by atoms with Crippen LogP contribution in [-0.2, 0) is 18.3 Å². The highest BCUT2D eigenvalue weighted by Crippen LogP contribution is 2.33. The van der Waals surface area contributed by atoms with Gasteiger partial charge in [-0.25, -0.2) is 19.9 Å². The monoisotopic (exact) mass is 657 g/mol. The molecule has 6 aromatic rings. The van der Waals surface area contributed by atoms with Crippen LogP contribution >= 0.6 is 0 Å². The van der Waals surface area contributed by atoms with Crippen molar-refractivity contribution in [1.82, 2.24) is 39.6 Å². The average molecular weight is 658 g/mol. The van der Waals surface area contributed by atoms with Gasteiger partial charge in [0.25, 0.3) is 0 Å². The minimum Gasteiger partial charge on any atom is -0.473 e. The first-order valence-electron chi connectivity index (χ1n) is 16.4. The fourth-order valence-electron chi connectivity index (χ4n) is 6.05. The van der Waals surface area contributed by atoms with Crippen LogP contribution in [0.5, 0.6) is 5.88 Å². The van der Waals surface area contributed by atoms with Gasteiger partial charge in [-0.2, -0.15) is 5.10 Å². The fraction of sp³-hybridized carbons (Fsp3) is 0.278. The highest BCUT2D eigenvalue weighted by atomic mass is 16.5. The summed E-state index contributed by atoms with van der Waals surface area (Å²) in [5.41, 5.74) is 6.48. The van der Waals surface area contributed by atoms with Crippen molar-refractivity contribution in [1.29, 1.82) is 0 Å². The van der Waals surface area contributed by atoms with E-state index in [0.29, 0.717) is 29.9 Å². The molecule has 0 saturated carbocycles. The zero-order valence-corrected chi connectivity index (χ0v) is 27.8. The molecule has 7 rings (SSSR count). The van der Waals surface area contributed by atoms with Crippen LogP contribution in [0.4, 0.5) is 23.3 Å². The van der Waals surface area contributed by atoms with Gasteiger partial charge in [-0.15, -0.1) is 0 Å². The van der Waals surface area contributed by atoms with Crippen LogP contribution in [-0.4, -0.2) is 77.8 Å². The van der Waals surface area contributed by atoms with Crippen molar-refractivity contribution in [3.8, 4) is 17.1 Å². The van der Waals surface area contributed by atoms with E-state index in [2.05, 4.69) is 58.0 Å². The largest absolute Gasteiger partial charge is 0.473 e. The number of nitrogens with one attached hydrogen (secondary N) is 4. The summed E-state index contributed by atoms with van der Waals surface area (Å²) in [6.45, 7) is 6.37. The van der Waals surface area contributed by atoms with Crippen molar-refractivity contribution in [2.24, 2.45) is 7.05 Å². The predicted octanol–water partition coefficient (Wildman–Crippen LogP) is 5.26. The molecule has 1 aliphatic rings. The number of hydrogen-bond donors (Lipinski definition) is 4. The summed E-state index contributed by atoms with van der Waals surface area (Å²) in [4.78, 5) is 36.6. The number of rotatable bonds is 12. The number of ether oxygens (including phenoxy) is 1. The first-order valence-corrected chi connectivity index (χ1v) is 16.4. The zero-order valence-electron chi connectivity index (χ0n) is 27.8. The second kappa shape index (κ2) is 14.1. The maximum absolute atomic E-state index is 13.2. The van der Waals surface area contributed by atoms with Crippen LogP contribution in [0.2, 0.25) is 0 Å². The molecule has 0 bridgehead atoms. The summed E-state index contributed by atoms with van der Waals surface area (Å²) in [6, 6.07) is 20.0. The Bertz CT molecular complexity index is 2060. The number of aryl methyl sites for hydroxylation is 3. The molecule has 0 radical (unpaired) electrons. The van der Waals surface area contributed by atoms with Crippen molar-refractivity contribution in [3.63, 3.8) is 0 Å². The molecule has 13 nitrogen and oxygen atoms in total. The quantitative estimate of drug-likeness (QED) is 0.137. The zero-order chi connectivity index (χ0) is 33.7. The maximum Gasteiger partial charge on any atom is 0.238 e. The Morgan fingerprint density at radius 1 is 1.04 bits per heavy atom. The van der Waals surface area contributed by atoms with E-state index in [0.717, 1.165) is 65.2 Å². The number of carbonyl (C=O) groups excluding carboxylic acids is 1. The van der Waals surface area contributed by atoms with Crippen molar-refractivity contribution in [2.75, 3.05) is 42.1 Å². The number of amides is 1. The standard InChI is InChI=1S/C36H39N11O2/c1-23-18-39-36(43-31-16-24(2)46(3)45-31)44-34(23)28-19-38-35-27(28)10-7-11-29(35)42-32(48)21-47-15-13-26(20-47)49-33-17-30(40-22-41-33)37-14-12-25-8-5-4-6-9-25/h4-11,16-19,22,26,38H,12-15,20-21H2,1-3H3,(H,42,48)(H,37,40,41)(H,39,43,44,45)/t26-/m0/s1. The average Bonchev–Trinajstić information content (AvgIpc) is 3.81. The lowest BCUT2D eigenvalue weighted by Crippen LogP contribution is -2.33. The van der Waals surface area contributed by atoms with Gasteiger partial charge in [0.1, 0.15) is 18.2 Å². The highest BCUT2D eigenvalue weighted by molar-refractivity contribution is 6.06. The molecule has 2 aromatic carbocycles. The van der Waals surface area contributed by atoms with Gasteiger partial charge in [-0.3, -0.25) is 14.4 Å². The van der Waals surface area contributed by atoms with Crippen molar-refractivity contribution in [2.45, 2.75) is 32.8 Å². The lowest BCUT2D eigenvalue weighted by molar-refractivity contribution is -0.117. The molecule has 0 aliphatic carbocycles. The Balaban J connectivity index is 0.949. The summed E-state index contributed by atoms with van der Waals surface area (Å²) in [7, 11) is 1.89. The third-order valence-electron chi connectivity index (χ3n) is 8.66. The van der Waals surface area contributed by atoms with Gasteiger partial charge in [-0.1, -0.05) is 42.5 Å². The number of aromatic nitrogens is 7. The third kappa shape index (κ3) is 7.52. The molecule has 1 saturated heterocycles. The maximum atomic E-state index is 13.2. The highest BCUT2D eigenvalue weighted by Gasteiger charge is 2.26. The molecule has 5 heterocycles. The molecule has 49 heavy (non-hydrogen) atoms. The molecule has 1 fully saturated rings. The normalized spacial score (nSPS) is 14.6. The number of aromatic amines is 1. The second-order valence-corrected chi connectivity index (χ2v) is 12.3. The first kappa shape index (κ1) is 31.8. The third-order valence-corrected chi connectivity index (χ3v) is 8.66. The van der Waals surface area contributed by atoms with Crippen LogP contribution in [0.1, 0.15) is 23.2 Å². The Morgan fingerprint density at radius 3 is 2.76 bits per heavy atom. The smallest absolute Gasteiger partial charge is 0.238 e. The molecule has 0 unspecified atom stereocenters. The number of H-pyrrole nitrogens is 1. The van der Waals surface area contributed by atoms with Gasteiger partial charge in [0, 0.05) is 67.9 Å². The molecular formula is C36H39N11O2. The topological polar surface area (TPSA) is 151 Å². The van der Waals surface area contributed by atoms with E-state index in [1.54, 1.807) is 10.9 Å². The Hall–Kier alpha value is -5.82. The summed E-state index contributed by atoms with van der Waals surface area (Å²) in [6.07, 6.45) is 6.87. The van der Waals surface area contributed by atoms with Gasteiger partial charge in [0.15, 0.2) is 5.82 Å². The number of nitrogens with zero attached hydrogens (tertiary/aromatic N) is 7. The lowest BCUT2D eigenvalue weighted by Gasteiger charge is -2.17. The molecule has 250 valence electrons. The van der Waals surface area contributed by atoms with Gasteiger partial charge in [-0.05, 0) is 43.9 Å². The second-order valence-electron chi connectivity index (χ2n) is 12.3. The van der Waals surface area contributed by atoms with Crippen molar-refractivity contribution in [3.05, 3.63) is 96.2 Å². The number of anilines is 4. The fourth-order valence-corrected chi connectivity index (χ4v) is 6.05. The molecule has 1 amide bonds. The minimum absolute atomic E-state index is 0.0635. The molecule has 1 atom stereocenters. The predicted molar refractivity (Wildman–Crippen MR) is 190 cm³/mol. The lowest BCUT2D eigenvalue weighted by atomic mass is 10.1. The van der Waals surface area contributed by atoms with Gasteiger partial charge in [0.2, 0.25) is 17.7 Å². The Morgan fingerprint density at radius 2 is 1.92 bits per heavy atom. The van der Waals surface area contributed by atoms with Crippen molar-refractivity contribution >= 4 is 40.1 Å². The van der Waals surface area contributed by atoms with E-state index in [4.69, 9.17) is 9.72 Å². The SMILES string of the molecule is Cc1cnc(Nc2cc(C)n(C)n2)nc1-c1c[nH]c2c(NC(=O)CN3CC[C@H](Oc4cc(NCCc5ccccc5)ncn4)C3)cccc12. The van der Waals surface area contributed by atoms with Gasteiger partial charge < -0.3 is 25.7 Å². The van der Waals surface area contributed by atoms with E-state index < -0.39 is 0 Å². The van der Waals surface area contributed by atoms with E-state index >= 15 is 0 Å². The molecule has 13 heteroatoms. The van der Waals surface area contributed by atoms with E-state index in [9.17, 15) is 4.79 Å². The van der Waals surface area contributed by atoms with Crippen LogP contribution in [0.15, 0.2) is 79.4 Å². The molecule has 1 aliphatic heterocycles. The summed E-state index contributed by atoms with van der Waals surface area (Å²) in [5.74, 6) is 2.30. The summed E-state index contributed by atoms with van der Waals surface area (Å²) < 4.78 is 7.98. The van der Waals surface area contributed by atoms with Gasteiger partial charge in [0.05, 0.1) is 23.4 Å². The van der Waals surface area contributed by atoms with E-state index in [-0.39, 0.29) is 18.6 Å². The summed E-state index contributed by atoms with van der Waals surface area (Å²) in [5, 5.41) is 15.1. The Labute approximate surface area is 284 Å². The molecule has 4 aromatic heterocycles. The van der Waals surface area contributed by atoms with Crippen LogP contribution in [0, 0.1) is 13.8 Å². The van der Waals surface area contributed by atoms with E-state index in [1.165, 1.54) is 11.9 Å². The summed E-state index contributed by atoms with van der Waals surface area (Å²) >= 11 is 0. The number of fused-ring (bicyclic) bond motifs is 1. The van der Waals surface area contributed by atoms with Gasteiger partial charge >= 0.3 is 0 Å². The molecular weight excluding hydrogens is 618 g/mol. The van der Waals surface area contributed by atoms with Crippen molar-refractivity contribution < 1.29 is 9.53 Å². The Kier molecular flexibility index (Phi) is 9.15. The van der Waals surface area contributed by atoms with E-state index in [1.807, 2.05) is 75.6 Å². The number of likely N-dealkylation sites (tertiary alicyclic amines) is 1. The first-order chi connectivity index (χ1) is 23.9. The number of hydrogen-bond acceptors (Lipinski definition) is 10. The number of carbonyl (C=O) groups is 1. The molecule has 0 spiro atoms. The number of para-hydroxylation sites is 1. The van der Waals surface area contributed by atoms with Crippen LogP contribution < -0.4 is 20.7 Å². The molecule has 4 N–H and O–H groups in total. The van der Waals surface area contributed by atoms with Crippen LogP contribution in [0.3, 0.4) is 0 Å². The minimum atomic E-state index is -0.0911.